The minimum atomic E-state index is -3.59. The number of benzene rings is 1. The molecule has 1 amide bonds. The summed E-state index contributed by atoms with van der Waals surface area (Å²) in [6, 6.07) is 5.93. The molecule has 0 aliphatic heterocycles. The van der Waals surface area contributed by atoms with Crippen LogP contribution in [-0.2, 0) is 21.2 Å². The third-order valence-electron chi connectivity index (χ3n) is 2.42. The molecule has 3 N–H and O–H groups in total. The number of sulfonamides is 1. The molecule has 0 radical (unpaired) electrons. The second-order valence-corrected chi connectivity index (χ2v) is 5.88. The van der Waals surface area contributed by atoms with E-state index in [9.17, 15) is 13.2 Å². The van der Waals surface area contributed by atoms with Gasteiger partial charge in [0.15, 0.2) is 0 Å². The third kappa shape index (κ3) is 3.52. The van der Waals surface area contributed by atoms with Crippen molar-refractivity contribution < 1.29 is 18.3 Å². The maximum atomic E-state index is 12.0. The van der Waals surface area contributed by atoms with Crippen LogP contribution in [0.1, 0.15) is 5.56 Å². The fourth-order valence-corrected chi connectivity index (χ4v) is 2.58. The van der Waals surface area contributed by atoms with E-state index in [-0.39, 0.29) is 24.5 Å². The Kier molecular flexibility index (Phi) is 4.83. The molecule has 1 aromatic rings. The van der Waals surface area contributed by atoms with Crippen LogP contribution in [0.2, 0.25) is 0 Å². The number of aliphatic hydroxyl groups is 1. The fourth-order valence-electron chi connectivity index (χ4n) is 1.42. The van der Waals surface area contributed by atoms with Gasteiger partial charge in [0.25, 0.3) is 0 Å². The summed E-state index contributed by atoms with van der Waals surface area (Å²) < 4.78 is 25.0. The number of primary amides is 1. The van der Waals surface area contributed by atoms with Gasteiger partial charge in [-0.1, -0.05) is 12.1 Å². The van der Waals surface area contributed by atoms with E-state index < -0.39 is 15.9 Å². The Bertz CT molecular complexity index is 510. The van der Waals surface area contributed by atoms with Gasteiger partial charge >= 0.3 is 0 Å². The van der Waals surface area contributed by atoms with Crippen LogP contribution in [0.25, 0.3) is 0 Å². The first kappa shape index (κ1) is 14.6. The highest BCUT2D eigenvalue weighted by molar-refractivity contribution is 7.89. The van der Waals surface area contributed by atoms with Gasteiger partial charge in [0.1, 0.15) is 0 Å². The first-order valence-corrected chi connectivity index (χ1v) is 6.76. The Balaban J connectivity index is 2.94. The lowest BCUT2D eigenvalue weighted by Gasteiger charge is -2.15. The Labute approximate surface area is 106 Å². The molecule has 0 heterocycles. The zero-order chi connectivity index (χ0) is 13.8. The first-order chi connectivity index (χ1) is 8.37. The standard InChI is InChI=1S/C11H16N2O4S/c1-13(6-7-14)18(16,17)10-4-2-9(3-5-10)8-11(12)15/h2-5,14H,6-8H2,1H3,(H2,12,15). The summed E-state index contributed by atoms with van der Waals surface area (Å²) in [5.74, 6) is -0.469. The second kappa shape index (κ2) is 5.94. The molecule has 100 valence electrons. The van der Waals surface area contributed by atoms with E-state index in [1.54, 1.807) is 12.1 Å². The summed E-state index contributed by atoms with van der Waals surface area (Å²) in [7, 11) is -2.20. The number of nitrogens with two attached hydrogens (primary N) is 1. The van der Waals surface area contributed by atoms with Crippen molar-refractivity contribution >= 4 is 15.9 Å². The van der Waals surface area contributed by atoms with Gasteiger partial charge in [-0.05, 0) is 17.7 Å². The SMILES string of the molecule is CN(CCO)S(=O)(=O)c1ccc(CC(N)=O)cc1. The summed E-state index contributed by atoms with van der Waals surface area (Å²) in [6.07, 6.45) is 0.0762. The van der Waals surface area contributed by atoms with E-state index in [2.05, 4.69) is 0 Å². The minimum absolute atomic E-state index is 0.0331. The van der Waals surface area contributed by atoms with Crippen molar-refractivity contribution in [2.75, 3.05) is 20.2 Å². The van der Waals surface area contributed by atoms with Gasteiger partial charge in [-0.2, -0.15) is 4.31 Å². The number of hydrogen-bond acceptors (Lipinski definition) is 4. The van der Waals surface area contributed by atoms with Crippen molar-refractivity contribution in [2.24, 2.45) is 5.73 Å². The van der Waals surface area contributed by atoms with Crippen LogP contribution >= 0.6 is 0 Å². The van der Waals surface area contributed by atoms with Crippen LogP contribution in [0.5, 0.6) is 0 Å². The molecule has 0 saturated carbocycles. The summed E-state index contributed by atoms with van der Waals surface area (Å²) in [5, 5.41) is 8.73. The summed E-state index contributed by atoms with van der Waals surface area (Å²) in [5.41, 5.74) is 5.70. The number of rotatable bonds is 6. The van der Waals surface area contributed by atoms with E-state index in [0.29, 0.717) is 5.56 Å². The minimum Gasteiger partial charge on any atom is -0.395 e. The fraction of sp³-hybridized carbons (Fsp3) is 0.364. The molecule has 18 heavy (non-hydrogen) atoms. The van der Waals surface area contributed by atoms with Crippen molar-refractivity contribution in [1.82, 2.24) is 4.31 Å². The molecule has 0 fully saturated rings. The summed E-state index contributed by atoms with van der Waals surface area (Å²) in [6.45, 7) is -0.207. The van der Waals surface area contributed by atoms with Crippen LogP contribution in [-0.4, -0.2) is 43.9 Å². The van der Waals surface area contributed by atoms with Crippen LogP contribution in [0.15, 0.2) is 29.2 Å². The molecule has 0 bridgehead atoms. The van der Waals surface area contributed by atoms with Gasteiger partial charge in [0.05, 0.1) is 17.9 Å². The van der Waals surface area contributed by atoms with Crippen molar-refractivity contribution in [3.8, 4) is 0 Å². The number of amides is 1. The molecular formula is C11H16N2O4S. The highest BCUT2D eigenvalue weighted by Gasteiger charge is 2.19. The highest BCUT2D eigenvalue weighted by Crippen LogP contribution is 2.15. The highest BCUT2D eigenvalue weighted by atomic mass is 32.2. The maximum Gasteiger partial charge on any atom is 0.242 e. The monoisotopic (exact) mass is 272 g/mol. The summed E-state index contributed by atoms with van der Waals surface area (Å²) >= 11 is 0. The predicted octanol–water partition coefficient (Wildman–Crippen LogP) is -0.673. The molecule has 0 saturated heterocycles. The molecule has 7 heteroatoms. The van der Waals surface area contributed by atoms with E-state index in [4.69, 9.17) is 10.8 Å². The van der Waals surface area contributed by atoms with E-state index >= 15 is 0 Å². The molecule has 0 spiro atoms. The number of carbonyl (C=O) groups excluding carboxylic acids is 1. The van der Waals surface area contributed by atoms with Crippen LogP contribution in [0, 0.1) is 0 Å². The zero-order valence-electron chi connectivity index (χ0n) is 10.0. The van der Waals surface area contributed by atoms with E-state index in [1.807, 2.05) is 0 Å². The predicted molar refractivity (Wildman–Crippen MR) is 66.2 cm³/mol. The van der Waals surface area contributed by atoms with Gasteiger partial charge in [0, 0.05) is 13.6 Å². The zero-order valence-corrected chi connectivity index (χ0v) is 10.9. The number of likely N-dealkylation sites (N-methyl/N-ethyl adjacent to an activating group) is 1. The Hall–Kier alpha value is -1.44. The molecule has 0 unspecified atom stereocenters. The third-order valence-corrected chi connectivity index (χ3v) is 4.30. The molecule has 0 aliphatic carbocycles. The van der Waals surface area contributed by atoms with Gasteiger partial charge < -0.3 is 10.8 Å². The van der Waals surface area contributed by atoms with Gasteiger partial charge in [-0.25, -0.2) is 8.42 Å². The van der Waals surface area contributed by atoms with E-state index in [0.717, 1.165) is 4.31 Å². The van der Waals surface area contributed by atoms with E-state index in [1.165, 1.54) is 19.2 Å². The molecule has 6 nitrogen and oxygen atoms in total. The van der Waals surface area contributed by atoms with Crippen molar-refractivity contribution in [1.29, 1.82) is 0 Å². The molecule has 1 aromatic carbocycles. The van der Waals surface area contributed by atoms with Crippen LogP contribution < -0.4 is 5.73 Å². The van der Waals surface area contributed by atoms with Crippen LogP contribution in [0.4, 0.5) is 0 Å². The number of aliphatic hydroxyl groups excluding tert-OH is 1. The maximum absolute atomic E-state index is 12.0. The molecule has 0 atom stereocenters. The number of carbonyl (C=O) groups is 1. The van der Waals surface area contributed by atoms with Crippen molar-refractivity contribution in [3.05, 3.63) is 29.8 Å². The Morgan fingerprint density at radius 3 is 2.33 bits per heavy atom. The lowest BCUT2D eigenvalue weighted by molar-refractivity contribution is -0.117. The normalized spacial score (nSPS) is 11.7. The van der Waals surface area contributed by atoms with Crippen molar-refractivity contribution in [2.45, 2.75) is 11.3 Å². The average molecular weight is 272 g/mol. The average Bonchev–Trinajstić information content (AvgIpc) is 2.29. The topological polar surface area (TPSA) is 101 Å². The van der Waals surface area contributed by atoms with Gasteiger partial charge in [-0.3, -0.25) is 4.79 Å². The second-order valence-electron chi connectivity index (χ2n) is 3.84. The Morgan fingerprint density at radius 2 is 1.89 bits per heavy atom. The lowest BCUT2D eigenvalue weighted by atomic mass is 10.1. The smallest absolute Gasteiger partial charge is 0.242 e. The van der Waals surface area contributed by atoms with Crippen LogP contribution in [0.3, 0.4) is 0 Å². The number of hydrogen-bond donors (Lipinski definition) is 2. The Morgan fingerprint density at radius 1 is 1.33 bits per heavy atom. The van der Waals surface area contributed by atoms with Gasteiger partial charge in [0.2, 0.25) is 15.9 Å². The quantitative estimate of drug-likeness (QED) is 0.717. The number of nitrogens with zero attached hydrogens (tertiary/aromatic N) is 1. The molecule has 0 aromatic heterocycles. The lowest BCUT2D eigenvalue weighted by Crippen LogP contribution is -2.29. The van der Waals surface area contributed by atoms with Crippen molar-refractivity contribution in [3.63, 3.8) is 0 Å². The first-order valence-electron chi connectivity index (χ1n) is 5.32. The van der Waals surface area contributed by atoms with Gasteiger partial charge in [-0.15, -0.1) is 0 Å². The molecule has 1 rings (SSSR count). The molecular weight excluding hydrogens is 256 g/mol. The summed E-state index contributed by atoms with van der Waals surface area (Å²) in [4.78, 5) is 10.8. The molecule has 0 aliphatic rings. The largest absolute Gasteiger partial charge is 0.395 e.